The molecule has 142 valence electrons. The van der Waals surface area contributed by atoms with Gasteiger partial charge in [-0.2, -0.15) is 0 Å². The first-order valence-corrected chi connectivity index (χ1v) is 9.18. The third kappa shape index (κ3) is 5.07. The zero-order valence-corrected chi connectivity index (χ0v) is 16.1. The average molecular weight is 373 g/mol. The monoisotopic (exact) mass is 373 g/mol. The molecule has 0 radical (unpaired) electrons. The second-order valence-electron chi connectivity index (χ2n) is 6.67. The molecule has 0 spiro atoms. The first-order chi connectivity index (χ1) is 13.5. The van der Waals surface area contributed by atoms with Crippen LogP contribution in [0.5, 0.6) is 5.75 Å². The molecule has 4 heteroatoms. The van der Waals surface area contributed by atoms with Gasteiger partial charge in [-0.3, -0.25) is 9.59 Å². The Morgan fingerprint density at radius 1 is 0.857 bits per heavy atom. The van der Waals surface area contributed by atoms with Crippen LogP contribution in [0.4, 0.5) is 5.69 Å². The fourth-order valence-electron chi connectivity index (χ4n) is 2.82. The van der Waals surface area contributed by atoms with Gasteiger partial charge in [0, 0.05) is 11.3 Å². The first-order valence-electron chi connectivity index (χ1n) is 9.18. The van der Waals surface area contributed by atoms with Crippen LogP contribution in [0.1, 0.15) is 28.4 Å². The summed E-state index contributed by atoms with van der Waals surface area (Å²) in [5.41, 5.74) is 3.62. The van der Waals surface area contributed by atoms with Crippen LogP contribution in [-0.4, -0.2) is 18.3 Å². The normalized spacial score (nSPS) is 10.4. The van der Waals surface area contributed by atoms with Crippen molar-refractivity contribution in [3.63, 3.8) is 0 Å². The van der Waals surface area contributed by atoms with Gasteiger partial charge in [0.2, 0.25) is 0 Å². The van der Waals surface area contributed by atoms with Gasteiger partial charge in [-0.15, -0.1) is 0 Å². The van der Waals surface area contributed by atoms with Gasteiger partial charge in [0.15, 0.2) is 12.4 Å². The molecule has 3 rings (SSSR count). The van der Waals surface area contributed by atoms with Gasteiger partial charge in [-0.25, -0.2) is 0 Å². The number of benzene rings is 3. The standard InChI is InChI=1S/C24H23NO3/c1-18-8-12-22(13-9-18)25(16-20-6-4-3-5-7-20)24(27)17-28-23-14-10-21(11-15-23)19(2)26/h3-15H,16-17H2,1-2H3. The minimum atomic E-state index is -0.136. The number of aryl methyl sites for hydroxylation is 1. The molecule has 1 amide bonds. The van der Waals surface area contributed by atoms with E-state index in [-0.39, 0.29) is 18.3 Å². The highest BCUT2D eigenvalue weighted by Crippen LogP contribution is 2.19. The van der Waals surface area contributed by atoms with Crippen LogP contribution in [0, 0.1) is 6.92 Å². The summed E-state index contributed by atoms with van der Waals surface area (Å²) in [6.45, 7) is 3.92. The molecular formula is C24H23NO3. The van der Waals surface area contributed by atoms with Crippen molar-refractivity contribution in [2.24, 2.45) is 0 Å². The molecule has 28 heavy (non-hydrogen) atoms. The van der Waals surface area contributed by atoms with E-state index in [2.05, 4.69) is 0 Å². The van der Waals surface area contributed by atoms with E-state index in [4.69, 9.17) is 4.74 Å². The largest absolute Gasteiger partial charge is 0.484 e. The van der Waals surface area contributed by atoms with E-state index in [0.717, 1.165) is 16.8 Å². The lowest BCUT2D eigenvalue weighted by atomic mass is 10.1. The lowest BCUT2D eigenvalue weighted by molar-refractivity contribution is -0.120. The van der Waals surface area contributed by atoms with Crippen molar-refractivity contribution in [3.8, 4) is 5.75 Å². The molecule has 0 bridgehead atoms. The van der Waals surface area contributed by atoms with Crippen molar-refractivity contribution < 1.29 is 14.3 Å². The van der Waals surface area contributed by atoms with Crippen molar-refractivity contribution in [2.75, 3.05) is 11.5 Å². The van der Waals surface area contributed by atoms with E-state index >= 15 is 0 Å². The number of hydrogen-bond acceptors (Lipinski definition) is 3. The molecular weight excluding hydrogens is 350 g/mol. The summed E-state index contributed by atoms with van der Waals surface area (Å²) in [5.74, 6) is 0.418. The number of ketones is 1. The van der Waals surface area contributed by atoms with Gasteiger partial charge >= 0.3 is 0 Å². The van der Waals surface area contributed by atoms with Gasteiger partial charge in [0.1, 0.15) is 5.75 Å². The van der Waals surface area contributed by atoms with Crippen molar-refractivity contribution in [3.05, 3.63) is 95.6 Å². The zero-order chi connectivity index (χ0) is 19.9. The predicted octanol–water partition coefficient (Wildman–Crippen LogP) is 4.81. The fraction of sp³-hybridized carbons (Fsp3) is 0.167. The van der Waals surface area contributed by atoms with E-state index in [1.165, 1.54) is 6.92 Å². The molecule has 3 aromatic carbocycles. The Morgan fingerprint density at radius 3 is 2.11 bits per heavy atom. The Morgan fingerprint density at radius 2 is 1.50 bits per heavy atom. The minimum absolute atomic E-state index is 0.00367. The molecule has 0 fully saturated rings. The first kappa shape index (κ1) is 19.4. The smallest absolute Gasteiger partial charge is 0.265 e. The van der Waals surface area contributed by atoms with Crippen molar-refractivity contribution >= 4 is 17.4 Å². The summed E-state index contributed by atoms with van der Waals surface area (Å²) in [4.78, 5) is 26.0. The summed E-state index contributed by atoms with van der Waals surface area (Å²) in [5, 5.41) is 0. The quantitative estimate of drug-likeness (QED) is 0.558. The summed E-state index contributed by atoms with van der Waals surface area (Å²) >= 11 is 0. The third-order valence-electron chi connectivity index (χ3n) is 4.45. The third-order valence-corrected chi connectivity index (χ3v) is 4.45. The van der Waals surface area contributed by atoms with E-state index in [0.29, 0.717) is 17.9 Å². The Kier molecular flexibility index (Phi) is 6.22. The Bertz CT molecular complexity index is 932. The van der Waals surface area contributed by atoms with Crippen molar-refractivity contribution in [2.45, 2.75) is 20.4 Å². The van der Waals surface area contributed by atoms with Crippen LogP contribution in [0.2, 0.25) is 0 Å². The van der Waals surface area contributed by atoms with Gasteiger partial charge in [-0.1, -0.05) is 48.0 Å². The van der Waals surface area contributed by atoms with Crippen LogP contribution < -0.4 is 9.64 Å². The Hall–Kier alpha value is -3.40. The van der Waals surface area contributed by atoms with E-state index in [1.807, 2.05) is 61.5 Å². The molecule has 0 saturated heterocycles. The topological polar surface area (TPSA) is 46.6 Å². The number of anilines is 1. The SMILES string of the molecule is CC(=O)c1ccc(OCC(=O)N(Cc2ccccc2)c2ccc(C)cc2)cc1. The van der Waals surface area contributed by atoms with Gasteiger partial charge in [0.05, 0.1) is 6.54 Å². The van der Waals surface area contributed by atoms with E-state index in [1.54, 1.807) is 29.2 Å². The van der Waals surface area contributed by atoms with Crippen molar-refractivity contribution in [1.29, 1.82) is 0 Å². The van der Waals surface area contributed by atoms with Crippen LogP contribution in [0.15, 0.2) is 78.9 Å². The van der Waals surface area contributed by atoms with E-state index in [9.17, 15) is 9.59 Å². The lowest BCUT2D eigenvalue weighted by Gasteiger charge is -2.23. The number of carbonyl (C=O) groups is 2. The molecule has 0 heterocycles. The second kappa shape index (κ2) is 9.00. The summed E-state index contributed by atoms with van der Waals surface area (Å²) < 4.78 is 5.66. The second-order valence-corrected chi connectivity index (χ2v) is 6.67. The molecule has 0 aliphatic rings. The van der Waals surface area contributed by atoms with E-state index < -0.39 is 0 Å². The highest BCUT2D eigenvalue weighted by Gasteiger charge is 2.17. The molecule has 0 unspecified atom stereocenters. The minimum Gasteiger partial charge on any atom is -0.484 e. The highest BCUT2D eigenvalue weighted by molar-refractivity contribution is 5.95. The molecule has 0 aliphatic heterocycles. The Balaban J connectivity index is 1.74. The average Bonchev–Trinajstić information content (AvgIpc) is 2.72. The van der Waals surface area contributed by atoms with Gasteiger partial charge in [0.25, 0.3) is 5.91 Å². The maximum atomic E-state index is 12.9. The number of Topliss-reactive ketones (excluding diaryl/α,β-unsaturated/α-hetero) is 1. The van der Waals surface area contributed by atoms with Crippen molar-refractivity contribution in [1.82, 2.24) is 0 Å². The molecule has 4 nitrogen and oxygen atoms in total. The molecule has 0 aliphatic carbocycles. The predicted molar refractivity (Wildman–Crippen MR) is 111 cm³/mol. The van der Waals surface area contributed by atoms with Gasteiger partial charge in [-0.05, 0) is 55.8 Å². The number of carbonyl (C=O) groups excluding carboxylic acids is 2. The van der Waals surface area contributed by atoms with Crippen LogP contribution in [0.25, 0.3) is 0 Å². The molecule has 0 N–H and O–H groups in total. The highest BCUT2D eigenvalue weighted by atomic mass is 16.5. The van der Waals surface area contributed by atoms with Gasteiger partial charge < -0.3 is 9.64 Å². The number of nitrogens with zero attached hydrogens (tertiary/aromatic N) is 1. The maximum Gasteiger partial charge on any atom is 0.265 e. The van der Waals surface area contributed by atoms with Crippen LogP contribution in [0.3, 0.4) is 0 Å². The number of hydrogen-bond donors (Lipinski definition) is 0. The molecule has 0 atom stereocenters. The Labute approximate surface area is 165 Å². The van der Waals surface area contributed by atoms with Crippen LogP contribution in [-0.2, 0) is 11.3 Å². The van der Waals surface area contributed by atoms with Crippen LogP contribution >= 0.6 is 0 Å². The summed E-state index contributed by atoms with van der Waals surface area (Å²) in [6.07, 6.45) is 0. The number of ether oxygens (including phenoxy) is 1. The fourth-order valence-corrected chi connectivity index (χ4v) is 2.82. The lowest BCUT2D eigenvalue weighted by Crippen LogP contribution is -2.34. The molecule has 3 aromatic rings. The molecule has 0 aromatic heterocycles. The maximum absolute atomic E-state index is 12.9. The number of rotatable bonds is 7. The summed E-state index contributed by atoms with van der Waals surface area (Å²) in [6, 6.07) is 24.5. The number of amides is 1. The summed E-state index contributed by atoms with van der Waals surface area (Å²) in [7, 11) is 0. The molecule has 0 saturated carbocycles. The zero-order valence-electron chi connectivity index (χ0n) is 16.1.